The van der Waals surface area contributed by atoms with Gasteiger partial charge in [-0.2, -0.15) is 0 Å². The lowest BCUT2D eigenvalue weighted by atomic mass is 10.1. The number of halogens is 2. The Hall–Kier alpha value is -1.55. The van der Waals surface area contributed by atoms with Gasteiger partial charge in [0.15, 0.2) is 0 Å². The summed E-state index contributed by atoms with van der Waals surface area (Å²) in [5.74, 6) is 1.28. The average Bonchev–Trinajstić information content (AvgIpc) is 2.48. The molecule has 4 heteroatoms. The molecular formula is C17H12BrClO2. The maximum absolute atomic E-state index is 9.36. The van der Waals surface area contributed by atoms with Gasteiger partial charge in [-0.15, -0.1) is 0 Å². The van der Waals surface area contributed by atoms with E-state index in [-0.39, 0.29) is 6.61 Å². The van der Waals surface area contributed by atoms with E-state index in [0.29, 0.717) is 22.1 Å². The molecule has 0 aromatic heterocycles. The molecule has 3 rings (SSSR count). The second-order valence-electron chi connectivity index (χ2n) is 4.67. The third-order valence-corrected chi connectivity index (χ3v) is 3.93. The summed E-state index contributed by atoms with van der Waals surface area (Å²) in [4.78, 5) is 0. The molecule has 0 fully saturated rings. The molecule has 1 N–H and O–H groups in total. The van der Waals surface area contributed by atoms with Gasteiger partial charge < -0.3 is 9.84 Å². The van der Waals surface area contributed by atoms with Crippen molar-refractivity contribution < 1.29 is 9.84 Å². The number of rotatable bonds is 3. The number of ether oxygens (including phenoxy) is 1. The van der Waals surface area contributed by atoms with Crippen molar-refractivity contribution in [2.24, 2.45) is 0 Å². The SMILES string of the molecule is OCc1ccc(Cl)cc1Oc1ccc2cc(Br)ccc2c1. The number of fused-ring (bicyclic) bond motifs is 1. The Morgan fingerprint density at radius 3 is 2.52 bits per heavy atom. The summed E-state index contributed by atoms with van der Waals surface area (Å²) in [6, 6.07) is 17.1. The van der Waals surface area contributed by atoms with Gasteiger partial charge in [-0.3, -0.25) is 0 Å². The van der Waals surface area contributed by atoms with E-state index in [9.17, 15) is 5.11 Å². The molecule has 3 aromatic rings. The molecule has 3 aromatic carbocycles. The largest absolute Gasteiger partial charge is 0.457 e. The van der Waals surface area contributed by atoms with Gasteiger partial charge in [0.05, 0.1) is 6.61 Å². The first kappa shape index (κ1) is 14.4. The molecule has 0 bridgehead atoms. The standard InChI is InChI=1S/C17H12BrClO2/c18-14-4-1-12-8-16(6-3-11(12)7-14)21-17-9-15(19)5-2-13(17)10-20/h1-9,20H,10H2. The Labute approximate surface area is 136 Å². The molecule has 0 atom stereocenters. The second kappa shape index (κ2) is 6.06. The van der Waals surface area contributed by atoms with Gasteiger partial charge in [-0.25, -0.2) is 0 Å². The number of benzene rings is 3. The van der Waals surface area contributed by atoms with E-state index in [2.05, 4.69) is 22.0 Å². The number of aliphatic hydroxyl groups is 1. The first-order valence-electron chi connectivity index (χ1n) is 6.42. The molecule has 21 heavy (non-hydrogen) atoms. The third kappa shape index (κ3) is 3.21. The highest BCUT2D eigenvalue weighted by atomic mass is 79.9. The molecule has 0 heterocycles. The van der Waals surface area contributed by atoms with Crippen LogP contribution in [0.4, 0.5) is 0 Å². The van der Waals surface area contributed by atoms with Crippen molar-refractivity contribution in [3.63, 3.8) is 0 Å². The van der Waals surface area contributed by atoms with E-state index in [0.717, 1.165) is 15.2 Å². The van der Waals surface area contributed by atoms with Crippen LogP contribution in [0.25, 0.3) is 10.8 Å². The first-order valence-corrected chi connectivity index (χ1v) is 7.59. The second-order valence-corrected chi connectivity index (χ2v) is 6.02. The van der Waals surface area contributed by atoms with Crippen molar-refractivity contribution in [2.75, 3.05) is 0 Å². The molecule has 0 amide bonds. The lowest BCUT2D eigenvalue weighted by Gasteiger charge is -2.11. The van der Waals surface area contributed by atoms with Gasteiger partial charge in [0, 0.05) is 15.1 Å². The van der Waals surface area contributed by atoms with Crippen molar-refractivity contribution in [3.8, 4) is 11.5 Å². The molecule has 0 saturated heterocycles. The molecule has 0 aliphatic carbocycles. The maximum Gasteiger partial charge on any atom is 0.134 e. The van der Waals surface area contributed by atoms with Gasteiger partial charge in [0.1, 0.15) is 11.5 Å². The van der Waals surface area contributed by atoms with E-state index in [4.69, 9.17) is 16.3 Å². The summed E-state index contributed by atoms with van der Waals surface area (Å²) in [5, 5.41) is 12.2. The highest BCUT2D eigenvalue weighted by Crippen LogP contribution is 2.31. The van der Waals surface area contributed by atoms with Gasteiger partial charge in [0.25, 0.3) is 0 Å². The molecule has 0 spiro atoms. The van der Waals surface area contributed by atoms with E-state index in [1.807, 2.05) is 30.3 Å². The lowest BCUT2D eigenvalue weighted by Crippen LogP contribution is -1.91. The average molecular weight is 364 g/mol. The molecule has 2 nitrogen and oxygen atoms in total. The Balaban J connectivity index is 1.98. The lowest BCUT2D eigenvalue weighted by molar-refractivity contribution is 0.276. The fourth-order valence-corrected chi connectivity index (χ4v) is 2.68. The van der Waals surface area contributed by atoms with Gasteiger partial charge in [-0.1, -0.05) is 45.7 Å². The monoisotopic (exact) mass is 362 g/mol. The Morgan fingerprint density at radius 2 is 1.71 bits per heavy atom. The molecule has 0 radical (unpaired) electrons. The highest BCUT2D eigenvalue weighted by Gasteiger charge is 2.06. The minimum absolute atomic E-state index is 0.0902. The predicted octanol–water partition coefficient (Wildman–Crippen LogP) is 5.54. The summed E-state index contributed by atoms with van der Waals surface area (Å²) in [6.45, 7) is -0.0902. The zero-order valence-electron chi connectivity index (χ0n) is 11.0. The number of hydrogen-bond acceptors (Lipinski definition) is 2. The molecule has 0 aliphatic heterocycles. The van der Waals surface area contributed by atoms with E-state index >= 15 is 0 Å². The van der Waals surface area contributed by atoms with Gasteiger partial charge >= 0.3 is 0 Å². The van der Waals surface area contributed by atoms with E-state index in [1.165, 1.54) is 0 Å². The maximum atomic E-state index is 9.36. The van der Waals surface area contributed by atoms with Crippen molar-refractivity contribution in [3.05, 3.63) is 69.7 Å². The molecule has 0 saturated carbocycles. The normalized spacial score (nSPS) is 10.8. The smallest absolute Gasteiger partial charge is 0.134 e. The Kier molecular flexibility index (Phi) is 4.15. The zero-order chi connectivity index (χ0) is 14.8. The zero-order valence-corrected chi connectivity index (χ0v) is 13.4. The van der Waals surface area contributed by atoms with Crippen LogP contribution in [0.5, 0.6) is 11.5 Å². The minimum Gasteiger partial charge on any atom is -0.457 e. The Bertz CT molecular complexity index is 802. The molecule has 0 unspecified atom stereocenters. The van der Waals surface area contributed by atoms with Crippen LogP contribution in [0.15, 0.2) is 59.1 Å². The van der Waals surface area contributed by atoms with Crippen molar-refractivity contribution in [2.45, 2.75) is 6.61 Å². The molecular weight excluding hydrogens is 352 g/mol. The third-order valence-electron chi connectivity index (χ3n) is 3.20. The van der Waals surface area contributed by atoms with E-state index < -0.39 is 0 Å². The topological polar surface area (TPSA) is 29.5 Å². The minimum atomic E-state index is -0.0902. The quantitative estimate of drug-likeness (QED) is 0.662. The van der Waals surface area contributed by atoms with Crippen LogP contribution in [0.3, 0.4) is 0 Å². The fraction of sp³-hybridized carbons (Fsp3) is 0.0588. The van der Waals surface area contributed by atoms with Gasteiger partial charge in [-0.05, 0) is 47.2 Å². The van der Waals surface area contributed by atoms with Crippen molar-refractivity contribution in [1.82, 2.24) is 0 Å². The van der Waals surface area contributed by atoms with Crippen LogP contribution in [0.2, 0.25) is 5.02 Å². The number of hydrogen-bond donors (Lipinski definition) is 1. The summed E-state index contributed by atoms with van der Waals surface area (Å²) >= 11 is 9.44. The van der Waals surface area contributed by atoms with Crippen molar-refractivity contribution in [1.29, 1.82) is 0 Å². The van der Waals surface area contributed by atoms with Crippen LogP contribution < -0.4 is 4.74 Å². The number of aliphatic hydroxyl groups excluding tert-OH is 1. The molecule has 0 aliphatic rings. The van der Waals surface area contributed by atoms with Crippen LogP contribution in [0, 0.1) is 0 Å². The summed E-state index contributed by atoms with van der Waals surface area (Å²) in [6.07, 6.45) is 0. The van der Waals surface area contributed by atoms with E-state index in [1.54, 1.807) is 18.2 Å². The van der Waals surface area contributed by atoms with Gasteiger partial charge in [0.2, 0.25) is 0 Å². The fourth-order valence-electron chi connectivity index (χ4n) is 2.14. The molecule has 106 valence electrons. The van der Waals surface area contributed by atoms with Crippen LogP contribution >= 0.6 is 27.5 Å². The van der Waals surface area contributed by atoms with Crippen LogP contribution in [-0.4, -0.2) is 5.11 Å². The summed E-state index contributed by atoms with van der Waals surface area (Å²) in [7, 11) is 0. The summed E-state index contributed by atoms with van der Waals surface area (Å²) in [5.41, 5.74) is 0.704. The van der Waals surface area contributed by atoms with Crippen LogP contribution in [-0.2, 0) is 6.61 Å². The Morgan fingerprint density at radius 1 is 0.952 bits per heavy atom. The van der Waals surface area contributed by atoms with Crippen LogP contribution in [0.1, 0.15) is 5.56 Å². The summed E-state index contributed by atoms with van der Waals surface area (Å²) < 4.78 is 6.91. The predicted molar refractivity (Wildman–Crippen MR) is 89.1 cm³/mol. The van der Waals surface area contributed by atoms with Crippen molar-refractivity contribution >= 4 is 38.3 Å². The first-order chi connectivity index (χ1) is 10.2. The highest BCUT2D eigenvalue weighted by molar-refractivity contribution is 9.10.